The minimum atomic E-state index is -0.180. The molecular formula is C14H26N2O3. The summed E-state index contributed by atoms with van der Waals surface area (Å²) in [7, 11) is 0. The van der Waals surface area contributed by atoms with E-state index in [1.165, 1.54) is 0 Å². The van der Waals surface area contributed by atoms with E-state index >= 15 is 0 Å². The Morgan fingerprint density at radius 2 is 2.26 bits per heavy atom. The van der Waals surface area contributed by atoms with Crippen molar-refractivity contribution < 1.29 is 14.6 Å². The third kappa shape index (κ3) is 4.93. The Hall–Kier alpha value is -0.910. The summed E-state index contributed by atoms with van der Waals surface area (Å²) in [6.45, 7) is 12.6. The molecule has 1 fully saturated rings. The Balaban J connectivity index is 2.55. The van der Waals surface area contributed by atoms with Gasteiger partial charge in [-0.2, -0.15) is 0 Å². The zero-order chi connectivity index (χ0) is 14.4. The van der Waals surface area contributed by atoms with E-state index in [1.54, 1.807) is 4.90 Å². The highest BCUT2D eigenvalue weighted by molar-refractivity contribution is 5.78. The molecule has 5 heteroatoms. The molecule has 0 bridgehead atoms. The number of morpholine rings is 1. The molecule has 0 radical (unpaired) electrons. The lowest BCUT2D eigenvalue weighted by atomic mass is 10.2. The molecular weight excluding hydrogens is 244 g/mol. The highest BCUT2D eigenvalue weighted by atomic mass is 16.5. The average molecular weight is 270 g/mol. The van der Waals surface area contributed by atoms with Gasteiger partial charge in [-0.1, -0.05) is 12.2 Å². The summed E-state index contributed by atoms with van der Waals surface area (Å²) in [5, 5.41) is 9.14. The Bertz CT molecular complexity index is 320. The van der Waals surface area contributed by atoms with Crippen molar-refractivity contribution in [2.75, 3.05) is 39.4 Å². The zero-order valence-corrected chi connectivity index (χ0v) is 12.3. The number of ether oxygens (including phenoxy) is 1. The predicted octanol–water partition coefficient (Wildman–Crippen LogP) is 0.493. The number of rotatable bonds is 6. The number of amides is 1. The molecule has 1 heterocycles. The van der Waals surface area contributed by atoms with Crippen LogP contribution in [0.3, 0.4) is 0 Å². The lowest BCUT2D eigenvalue weighted by molar-refractivity contribution is -0.136. The monoisotopic (exact) mass is 270 g/mol. The largest absolute Gasteiger partial charge is 0.394 e. The first kappa shape index (κ1) is 16.1. The van der Waals surface area contributed by atoms with Gasteiger partial charge in [0.05, 0.1) is 25.9 Å². The fourth-order valence-corrected chi connectivity index (χ4v) is 2.18. The molecule has 110 valence electrons. The zero-order valence-electron chi connectivity index (χ0n) is 12.3. The van der Waals surface area contributed by atoms with E-state index in [-0.39, 0.29) is 24.7 Å². The van der Waals surface area contributed by atoms with Crippen molar-refractivity contribution in [3.05, 3.63) is 12.2 Å². The lowest BCUT2D eigenvalue weighted by Crippen LogP contribution is -2.53. The van der Waals surface area contributed by atoms with Gasteiger partial charge < -0.3 is 14.7 Å². The molecule has 1 amide bonds. The third-order valence-electron chi connectivity index (χ3n) is 3.37. The molecule has 0 aromatic carbocycles. The Morgan fingerprint density at radius 1 is 1.58 bits per heavy atom. The van der Waals surface area contributed by atoms with Crippen LogP contribution in [0.2, 0.25) is 0 Å². The second kappa shape index (κ2) is 7.62. The van der Waals surface area contributed by atoms with Gasteiger partial charge in [-0.3, -0.25) is 9.69 Å². The maximum atomic E-state index is 12.3. The van der Waals surface area contributed by atoms with Crippen LogP contribution in [0.25, 0.3) is 0 Å². The van der Waals surface area contributed by atoms with E-state index in [2.05, 4.69) is 11.5 Å². The summed E-state index contributed by atoms with van der Waals surface area (Å²) in [6.07, 6.45) is -0.180. The minimum absolute atomic E-state index is 0.000663. The number of hydrogen-bond acceptors (Lipinski definition) is 4. The SMILES string of the molecule is C=C(C)CN(CC)C(=O)CN1CC(CO)OCC1C. The number of hydrogen-bond donors (Lipinski definition) is 1. The summed E-state index contributed by atoms with van der Waals surface area (Å²) in [5.74, 6) is 0.107. The standard InChI is InChI=1S/C14H26N2O3/c1-5-15(6-11(2)3)14(18)8-16-7-13(9-17)19-10-12(16)4/h12-13,17H,2,5-10H2,1,3-4H3. The molecule has 0 aromatic heterocycles. The van der Waals surface area contributed by atoms with E-state index in [0.717, 1.165) is 5.57 Å². The van der Waals surface area contributed by atoms with Crippen LogP contribution >= 0.6 is 0 Å². The summed E-state index contributed by atoms with van der Waals surface area (Å²) >= 11 is 0. The maximum Gasteiger partial charge on any atom is 0.237 e. The predicted molar refractivity (Wildman–Crippen MR) is 74.9 cm³/mol. The number of aliphatic hydroxyl groups is 1. The number of nitrogens with zero attached hydrogens (tertiary/aromatic N) is 2. The highest BCUT2D eigenvalue weighted by Gasteiger charge is 2.28. The molecule has 0 saturated carbocycles. The number of likely N-dealkylation sites (N-methyl/N-ethyl adjacent to an activating group) is 1. The van der Waals surface area contributed by atoms with Crippen LogP contribution < -0.4 is 0 Å². The second-order valence-corrected chi connectivity index (χ2v) is 5.28. The van der Waals surface area contributed by atoms with Crippen LogP contribution in [-0.2, 0) is 9.53 Å². The summed E-state index contributed by atoms with van der Waals surface area (Å²) in [6, 6.07) is 0.204. The molecule has 2 unspecified atom stereocenters. The maximum absolute atomic E-state index is 12.3. The highest BCUT2D eigenvalue weighted by Crippen LogP contribution is 2.12. The normalized spacial score (nSPS) is 24.2. The number of aliphatic hydroxyl groups excluding tert-OH is 1. The smallest absolute Gasteiger partial charge is 0.237 e. The molecule has 0 spiro atoms. The molecule has 1 aliphatic rings. The van der Waals surface area contributed by atoms with Crippen molar-refractivity contribution >= 4 is 5.91 Å². The molecule has 5 nitrogen and oxygen atoms in total. The van der Waals surface area contributed by atoms with Gasteiger partial charge in [0.2, 0.25) is 5.91 Å². The van der Waals surface area contributed by atoms with E-state index in [1.807, 2.05) is 20.8 Å². The van der Waals surface area contributed by atoms with Crippen molar-refractivity contribution in [2.24, 2.45) is 0 Å². The first-order valence-electron chi connectivity index (χ1n) is 6.86. The Labute approximate surface area is 115 Å². The van der Waals surface area contributed by atoms with Crippen LogP contribution in [0.15, 0.2) is 12.2 Å². The van der Waals surface area contributed by atoms with Gasteiger partial charge in [0.1, 0.15) is 0 Å². The van der Waals surface area contributed by atoms with Crippen molar-refractivity contribution in [3.63, 3.8) is 0 Å². The summed E-state index contributed by atoms with van der Waals surface area (Å²) < 4.78 is 5.47. The molecule has 1 rings (SSSR count). The first-order chi connectivity index (χ1) is 8.97. The number of carbonyl (C=O) groups is 1. The quantitative estimate of drug-likeness (QED) is 0.714. The minimum Gasteiger partial charge on any atom is -0.394 e. The topological polar surface area (TPSA) is 53.0 Å². The summed E-state index contributed by atoms with van der Waals surface area (Å²) in [4.78, 5) is 16.1. The Kier molecular flexibility index (Phi) is 6.48. The van der Waals surface area contributed by atoms with Gasteiger partial charge in [-0.05, 0) is 20.8 Å². The van der Waals surface area contributed by atoms with Gasteiger partial charge in [0.25, 0.3) is 0 Å². The van der Waals surface area contributed by atoms with E-state index in [9.17, 15) is 4.79 Å². The van der Waals surface area contributed by atoms with Crippen LogP contribution in [0.5, 0.6) is 0 Å². The van der Waals surface area contributed by atoms with E-state index in [0.29, 0.717) is 32.8 Å². The van der Waals surface area contributed by atoms with Crippen LogP contribution in [-0.4, -0.2) is 72.4 Å². The fraction of sp³-hybridized carbons (Fsp3) is 0.786. The van der Waals surface area contributed by atoms with Crippen LogP contribution in [0.4, 0.5) is 0 Å². The molecule has 1 saturated heterocycles. The Morgan fingerprint density at radius 3 is 2.79 bits per heavy atom. The fourth-order valence-electron chi connectivity index (χ4n) is 2.18. The molecule has 1 N–H and O–H groups in total. The average Bonchev–Trinajstić information content (AvgIpc) is 2.38. The molecule has 0 aromatic rings. The lowest BCUT2D eigenvalue weighted by Gasteiger charge is -2.37. The van der Waals surface area contributed by atoms with Crippen molar-refractivity contribution in [3.8, 4) is 0 Å². The molecule has 0 aliphatic carbocycles. The van der Waals surface area contributed by atoms with E-state index < -0.39 is 0 Å². The van der Waals surface area contributed by atoms with Gasteiger partial charge in [-0.25, -0.2) is 0 Å². The first-order valence-corrected chi connectivity index (χ1v) is 6.86. The molecule has 1 aliphatic heterocycles. The second-order valence-electron chi connectivity index (χ2n) is 5.28. The molecule has 19 heavy (non-hydrogen) atoms. The van der Waals surface area contributed by atoms with E-state index in [4.69, 9.17) is 9.84 Å². The van der Waals surface area contributed by atoms with Gasteiger partial charge in [-0.15, -0.1) is 0 Å². The van der Waals surface area contributed by atoms with Crippen molar-refractivity contribution in [1.29, 1.82) is 0 Å². The van der Waals surface area contributed by atoms with Gasteiger partial charge in [0.15, 0.2) is 0 Å². The summed E-state index contributed by atoms with van der Waals surface area (Å²) in [5.41, 5.74) is 0.985. The van der Waals surface area contributed by atoms with Crippen molar-refractivity contribution in [2.45, 2.75) is 32.9 Å². The van der Waals surface area contributed by atoms with Gasteiger partial charge in [0, 0.05) is 25.7 Å². The number of carbonyl (C=O) groups excluding carboxylic acids is 1. The third-order valence-corrected chi connectivity index (χ3v) is 3.37. The van der Waals surface area contributed by atoms with Crippen molar-refractivity contribution in [1.82, 2.24) is 9.80 Å². The van der Waals surface area contributed by atoms with Crippen LogP contribution in [0, 0.1) is 0 Å². The van der Waals surface area contributed by atoms with Gasteiger partial charge >= 0.3 is 0 Å². The van der Waals surface area contributed by atoms with Crippen LogP contribution in [0.1, 0.15) is 20.8 Å². The molecule has 2 atom stereocenters.